The molecule has 0 aliphatic carbocycles. The molecule has 0 aromatic carbocycles. The number of nitrogens with one attached hydrogen (secondary N) is 1. The van der Waals surface area contributed by atoms with Gasteiger partial charge in [0, 0.05) is 45.0 Å². The van der Waals surface area contributed by atoms with Gasteiger partial charge in [0.1, 0.15) is 11.0 Å². The summed E-state index contributed by atoms with van der Waals surface area (Å²) in [6.07, 6.45) is 1.93. The summed E-state index contributed by atoms with van der Waals surface area (Å²) < 4.78 is 7.06. The van der Waals surface area contributed by atoms with Crippen LogP contribution in [0, 0.1) is 6.92 Å². The lowest BCUT2D eigenvalue weighted by molar-refractivity contribution is 0.122. The Hall–Kier alpha value is -1.63. The van der Waals surface area contributed by atoms with Crippen LogP contribution in [0.2, 0.25) is 5.15 Å². The van der Waals surface area contributed by atoms with Crippen molar-refractivity contribution in [3.05, 3.63) is 40.3 Å². The molecule has 0 radical (unpaired) electrons. The molecule has 7 heteroatoms. The quantitative estimate of drug-likeness (QED) is 0.904. The van der Waals surface area contributed by atoms with E-state index >= 15 is 0 Å². The van der Waals surface area contributed by atoms with Crippen molar-refractivity contribution in [1.82, 2.24) is 20.1 Å². The number of aromatic nitrogens is 3. The van der Waals surface area contributed by atoms with E-state index in [0.29, 0.717) is 11.7 Å². The molecule has 3 rings (SSSR count). The van der Waals surface area contributed by atoms with Crippen molar-refractivity contribution in [2.24, 2.45) is 7.05 Å². The van der Waals surface area contributed by atoms with Gasteiger partial charge in [0.05, 0.1) is 18.9 Å². The Morgan fingerprint density at radius 2 is 2.04 bits per heavy atom. The zero-order valence-electron chi connectivity index (χ0n) is 13.5. The Labute approximate surface area is 141 Å². The van der Waals surface area contributed by atoms with Gasteiger partial charge in [0.25, 0.3) is 0 Å². The summed E-state index contributed by atoms with van der Waals surface area (Å²) >= 11 is 6.23. The van der Waals surface area contributed by atoms with Crippen molar-refractivity contribution < 1.29 is 4.74 Å². The van der Waals surface area contributed by atoms with Crippen LogP contribution in [0.4, 0.5) is 5.82 Å². The van der Waals surface area contributed by atoms with Crippen LogP contribution in [0.15, 0.2) is 18.3 Å². The maximum atomic E-state index is 6.23. The van der Waals surface area contributed by atoms with Gasteiger partial charge in [-0.2, -0.15) is 5.10 Å². The summed E-state index contributed by atoms with van der Waals surface area (Å²) in [6, 6.07) is 4.19. The van der Waals surface area contributed by atoms with Crippen LogP contribution in [0.3, 0.4) is 0 Å². The van der Waals surface area contributed by atoms with E-state index in [-0.39, 0.29) is 0 Å². The number of hydrogen-bond donors (Lipinski definition) is 1. The minimum absolute atomic E-state index is 0.691. The van der Waals surface area contributed by atoms with Crippen molar-refractivity contribution >= 4 is 17.4 Å². The van der Waals surface area contributed by atoms with Crippen molar-refractivity contribution in [3.63, 3.8) is 0 Å². The fourth-order valence-electron chi connectivity index (χ4n) is 2.71. The molecule has 124 valence electrons. The van der Waals surface area contributed by atoms with E-state index in [9.17, 15) is 0 Å². The summed E-state index contributed by atoms with van der Waals surface area (Å²) in [7, 11) is 1.85. The predicted octanol–water partition coefficient (Wildman–Crippen LogP) is 1.90. The normalized spacial score (nSPS) is 15.2. The third-order valence-electron chi connectivity index (χ3n) is 4.04. The minimum Gasteiger partial charge on any atom is -0.378 e. The molecule has 23 heavy (non-hydrogen) atoms. The van der Waals surface area contributed by atoms with Crippen molar-refractivity contribution in [3.8, 4) is 0 Å². The number of morpholine rings is 1. The minimum atomic E-state index is 0.691. The largest absolute Gasteiger partial charge is 0.378 e. The maximum absolute atomic E-state index is 6.23. The Balaban J connectivity index is 1.54. The number of aryl methyl sites for hydroxylation is 2. The Morgan fingerprint density at radius 1 is 1.26 bits per heavy atom. The molecule has 1 aliphatic heterocycles. The molecule has 0 bridgehead atoms. The number of rotatable bonds is 5. The van der Waals surface area contributed by atoms with E-state index < -0.39 is 0 Å². The molecule has 6 nitrogen and oxygen atoms in total. The van der Waals surface area contributed by atoms with Crippen molar-refractivity contribution in [1.29, 1.82) is 0 Å². The molecule has 2 aromatic rings. The molecular formula is C16H22ClN5O. The second kappa shape index (κ2) is 7.29. The SMILES string of the molecule is Cc1nn(C)c(Cl)c1CNCc1ccc(N2CCOCC2)nc1. The zero-order valence-corrected chi connectivity index (χ0v) is 14.3. The van der Waals surface area contributed by atoms with Gasteiger partial charge in [0.15, 0.2) is 0 Å². The first kappa shape index (κ1) is 16.2. The molecule has 1 aliphatic rings. The predicted molar refractivity (Wildman–Crippen MR) is 90.8 cm³/mol. The van der Waals surface area contributed by atoms with E-state index in [2.05, 4.69) is 32.4 Å². The molecule has 0 saturated carbocycles. The summed E-state index contributed by atoms with van der Waals surface area (Å²) in [5.41, 5.74) is 3.16. The van der Waals surface area contributed by atoms with Crippen LogP contribution in [-0.2, 0) is 24.9 Å². The van der Waals surface area contributed by atoms with Gasteiger partial charge >= 0.3 is 0 Å². The van der Waals surface area contributed by atoms with Crippen LogP contribution >= 0.6 is 11.6 Å². The van der Waals surface area contributed by atoms with Gasteiger partial charge in [-0.25, -0.2) is 4.98 Å². The first-order valence-corrected chi connectivity index (χ1v) is 8.19. The van der Waals surface area contributed by atoms with Gasteiger partial charge in [-0.05, 0) is 18.6 Å². The maximum Gasteiger partial charge on any atom is 0.131 e. The van der Waals surface area contributed by atoms with Gasteiger partial charge < -0.3 is 15.0 Å². The first-order valence-electron chi connectivity index (χ1n) is 7.81. The summed E-state index contributed by atoms with van der Waals surface area (Å²) in [6.45, 7) is 6.78. The molecule has 1 saturated heterocycles. The van der Waals surface area contributed by atoms with E-state index in [1.54, 1.807) is 4.68 Å². The number of nitrogens with zero attached hydrogens (tertiary/aromatic N) is 4. The number of pyridine rings is 1. The highest BCUT2D eigenvalue weighted by molar-refractivity contribution is 6.30. The monoisotopic (exact) mass is 335 g/mol. The molecule has 0 spiro atoms. The Morgan fingerprint density at radius 3 is 2.65 bits per heavy atom. The number of anilines is 1. The fraction of sp³-hybridized carbons (Fsp3) is 0.500. The lowest BCUT2D eigenvalue weighted by atomic mass is 10.2. The molecule has 0 unspecified atom stereocenters. The second-order valence-electron chi connectivity index (χ2n) is 5.71. The average molecular weight is 336 g/mol. The van der Waals surface area contributed by atoms with Crippen LogP contribution < -0.4 is 10.2 Å². The standard InChI is InChI=1S/C16H22ClN5O/c1-12-14(16(17)21(2)20-12)11-18-9-13-3-4-15(19-10-13)22-5-7-23-8-6-22/h3-4,10,18H,5-9,11H2,1-2H3. The molecular weight excluding hydrogens is 314 g/mol. The van der Waals surface area contributed by atoms with Crippen molar-refractivity contribution in [2.45, 2.75) is 20.0 Å². The molecule has 0 atom stereocenters. The average Bonchev–Trinajstić information content (AvgIpc) is 2.82. The summed E-state index contributed by atoms with van der Waals surface area (Å²) in [4.78, 5) is 6.80. The molecule has 3 heterocycles. The van der Waals surface area contributed by atoms with Crippen molar-refractivity contribution in [2.75, 3.05) is 31.2 Å². The van der Waals surface area contributed by atoms with Crippen LogP contribution in [0.5, 0.6) is 0 Å². The summed E-state index contributed by atoms with van der Waals surface area (Å²) in [5, 5.41) is 8.41. The highest BCUT2D eigenvalue weighted by Gasteiger charge is 2.12. The Kier molecular flexibility index (Phi) is 5.15. The molecule has 1 fully saturated rings. The highest BCUT2D eigenvalue weighted by atomic mass is 35.5. The van der Waals surface area contributed by atoms with Gasteiger partial charge in [-0.1, -0.05) is 17.7 Å². The number of hydrogen-bond acceptors (Lipinski definition) is 5. The molecule has 2 aromatic heterocycles. The zero-order chi connectivity index (χ0) is 16.2. The highest BCUT2D eigenvalue weighted by Crippen LogP contribution is 2.18. The number of ether oxygens (including phenoxy) is 1. The number of halogens is 1. The van der Waals surface area contributed by atoms with Gasteiger partial charge in [0.2, 0.25) is 0 Å². The third-order valence-corrected chi connectivity index (χ3v) is 4.52. The Bertz CT molecular complexity index is 649. The smallest absolute Gasteiger partial charge is 0.131 e. The lowest BCUT2D eigenvalue weighted by Crippen LogP contribution is -2.36. The van der Waals surface area contributed by atoms with Crippen LogP contribution in [-0.4, -0.2) is 41.1 Å². The molecule has 0 amide bonds. The third kappa shape index (κ3) is 3.83. The van der Waals surface area contributed by atoms with Crippen LogP contribution in [0.25, 0.3) is 0 Å². The van der Waals surface area contributed by atoms with E-state index in [1.165, 1.54) is 0 Å². The fourth-order valence-corrected chi connectivity index (χ4v) is 2.95. The first-order chi connectivity index (χ1) is 11.1. The van der Waals surface area contributed by atoms with E-state index in [0.717, 1.165) is 55.5 Å². The van der Waals surface area contributed by atoms with Crippen LogP contribution in [0.1, 0.15) is 16.8 Å². The lowest BCUT2D eigenvalue weighted by Gasteiger charge is -2.27. The van der Waals surface area contributed by atoms with E-state index in [4.69, 9.17) is 16.3 Å². The van der Waals surface area contributed by atoms with E-state index in [1.807, 2.05) is 20.2 Å². The van der Waals surface area contributed by atoms with Gasteiger partial charge in [-0.3, -0.25) is 4.68 Å². The topological polar surface area (TPSA) is 55.2 Å². The van der Waals surface area contributed by atoms with Gasteiger partial charge in [-0.15, -0.1) is 0 Å². The second-order valence-corrected chi connectivity index (χ2v) is 6.06. The molecule has 1 N–H and O–H groups in total. The summed E-state index contributed by atoms with van der Waals surface area (Å²) in [5.74, 6) is 1.02.